The summed E-state index contributed by atoms with van der Waals surface area (Å²) >= 11 is 13.3. The van der Waals surface area contributed by atoms with Crippen molar-refractivity contribution in [1.29, 1.82) is 0 Å². The number of thiophene rings is 1. The molecular weight excluding hydrogens is 412 g/mol. The number of hydrogen-bond acceptors (Lipinski definition) is 4. The number of aliphatic hydroxyl groups is 1. The lowest BCUT2D eigenvalue weighted by Gasteiger charge is -2.25. The Morgan fingerprint density at radius 2 is 1.82 bits per heavy atom. The third-order valence-corrected chi connectivity index (χ3v) is 6.34. The molecule has 0 saturated heterocycles. The van der Waals surface area contributed by atoms with Crippen LogP contribution >= 0.6 is 35.2 Å². The predicted octanol–water partition coefficient (Wildman–Crippen LogP) is 4.84. The van der Waals surface area contributed by atoms with Gasteiger partial charge in [0.25, 0.3) is 5.91 Å². The number of nitrogens with zero attached hydrogens (tertiary/aromatic N) is 1. The molecule has 0 atom stereocenters. The summed E-state index contributed by atoms with van der Waals surface area (Å²) in [5.41, 5.74) is 1.10. The summed E-state index contributed by atoms with van der Waals surface area (Å²) in [5, 5.41) is 13.6. The van der Waals surface area contributed by atoms with E-state index in [4.69, 9.17) is 28.9 Å². The molecule has 1 aromatic heterocycles. The molecule has 0 aliphatic rings. The zero-order valence-corrected chi connectivity index (χ0v) is 17.6. The molecule has 0 aliphatic heterocycles. The van der Waals surface area contributed by atoms with Crippen LogP contribution in [0.1, 0.15) is 28.1 Å². The molecule has 28 heavy (non-hydrogen) atoms. The first-order valence-electron chi connectivity index (χ1n) is 9.02. The minimum absolute atomic E-state index is 0.135. The number of aliphatic hydroxyl groups excluding tert-OH is 1. The third kappa shape index (κ3) is 5.08. The lowest BCUT2D eigenvalue weighted by Crippen LogP contribution is -2.42. The Bertz CT molecular complexity index is 959. The number of hydrogen-bond donors (Lipinski definition) is 2. The fraction of sp³-hybridized carbons (Fsp3) is 0.238. The first kappa shape index (κ1) is 20.7. The van der Waals surface area contributed by atoms with E-state index >= 15 is 0 Å². The maximum atomic E-state index is 12.8. The molecule has 0 aliphatic carbocycles. The monoisotopic (exact) mass is 432 g/mol. The second-order valence-electron chi connectivity index (χ2n) is 6.34. The van der Waals surface area contributed by atoms with Gasteiger partial charge in [-0.25, -0.2) is 0 Å². The summed E-state index contributed by atoms with van der Waals surface area (Å²) in [6, 6.07) is 17.6. The molecule has 0 bridgehead atoms. The van der Waals surface area contributed by atoms with E-state index in [1.165, 1.54) is 11.3 Å². The molecule has 7 heteroatoms. The van der Waals surface area contributed by atoms with Crippen LogP contribution < -0.4 is 5.32 Å². The predicted molar refractivity (Wildman–Crippen MR) is 120 cm³/mol. The van der Waals surface area contributed by atoms with Gasteiger partial charge >= 0.3 is 0 Å². The van der Waals surface area contributed by atoms with E-state index in [1.807, 2.05) is 59.5 Å². The average Bonchev–Trinajstić information content (AvgIpc) is 3.05. The van der Waals surface area contributed by atoms with E-state index in [9.17, 15) is 4.79 Å². The van der Waals surface area contributed by atoms with Crippen molar-refractivity contribution in [3.63, 3.8) is 0 Å². The highest BCUT2D eigenvalue weighted by atomic mass is 35.5. The second-order valence-corrected chi connectivity index (χ2v) is 8.16. The van der Waals surface area contributed by atoms with Crippen molar-refractivity contribution in [2.75, 3.05) is 13.2 Å². The van der Waals surface area contributed by atoms with Crippen LogP contribution in [0.2, 0.25) is 5.02 Å². The first-order chi connectivity index (χ1) is 13.6. The zero-order valence-electron chi connectivity index (χ0n) is 15.2. The minimum Gasteiger partial charge on any atom is -0.396 e. The Balaban J connectivity index is 1.73. The number of rotatable bonds is 7. The summed E-state index contributed by atoms with van der Waals surface area (Å²) in [4.78, 5) is 15.2. The maximum absolute atomic E-state index is 12.8. The van der Waals surface area contributed by atoms with Crippen LogP contribution in [0.3, 0.4) is 0 Å². The fourth-order valence-electron chi connectivity index (χ4n) is 2.86. The average molecular weight is 433 g/mol. The van der Waals surface area contributed by atoms with Gasteiger partial charge in [0, 0.05) is 29.8 Å². The molecule has 0 unspecified atom stereocenters. The van der Waals surface area contributed by atoms with Crippen LogP contribution in [0.15, 0.2) is 54.6 Å². The van der Waals surface area contributed by atoms with Gasteiger partial charge in [0.05, 0.1) is 5.02 Å². The lowest BCUT2D eigenvalue weighted by atomic mass is 10.2. The summed E-state index contributed by atoms with van der Waals surface area (Å²) in [6.07, 6.45) is 1.47. The molecule has 1 heterocycles. The summed E-state index contributed by atoms with van der Waals surface area (Å²) in [6.45, 7) is 1.37. The molecule has 0 saturated carbocycles. The Morgan fingerprint density at radius 1 is 1.11 bits per heavy atom. The highest BCUT2D eigenvalue weighted by molar-refractivity contribution is 7.80. The molecule has 0 fully saturated rings. The maximum Gasteiger partial charge on any atom is 0.269 e. The van der Waals surface area contributed by atoms with Crippen molar-refractivity contribution in [3.05, 3.63) is 70.1 Å². The van der Waals surface area contributed by atoms with Crippen LogP contribution in [0.4, 0.5) is 0 Å². The van der Waals surface area contributed by atoms with Crippen LogP contribution in [0.25, 0.3) is 10.1 Å². The molecule has 4 nitrogen and oxygen atoms in total. The molecule has 3 rings (SSSR count). The Labute approximate surface area is 178 Å². The van der Waals surface area contributed by atoms with Crippen LogP contribution in [-0.4, -0.2) is 34.2 Å². The number of nitrogens with one attached hydrogen (secondary N) is 1. The molecule has 0 spiro atoms. The molecular formula is C21H21ClN2O2S2. The molecule has 0 radical (unpaired) electrons. The topological polar surface area (TPSA) is 52.6 Å². The van der Waals surface area contributed by atoms with Gasteiger partial charge in [-0.3, -0.25) is 10.1 Å². The van der Waals surface area contributed by atoms with Gasteiger partial charge in [-0.05, 0) is 36.7 Å². The zero-order chi connectivity index (χ0) is 19.9. The van der Waals surface area contributed by atoms with Crippen LogP contribution in [0.5, 0.6) is 0 Å². The van der Waals surface area contributed by atoms with Crippen molar-refractivity contribution >= 4 is 56.3 Å². The SMILES string of the molecule is O=C(NC(=S)N(CCCCO)Cc1ccccc1)c1sc2ccccc2c1Cl. The van der Waals surface area contributed by atoms with E-state index in [2.05, 4.69) is 5.32 Å². The van der Waals surface area contributed by atoms with Crippen molar-refractivity contribution in [2.24, 2.45) is 0 Å². The van der Waals surface area contributed by atoms with Gasteiger partial charge in [-0.2, -0.15) is 0 Å². The molecule has 2 aromatic carbocycles. The van der Waals surface area contributed by atoms with E-state index in [0.717, 1.165) is 22.1 Å². The first-order valence-corrected chi connectivity index (χ1v) is 10.6. The number of amides is 1. The third-order valence-electron chi connectivity index (χ3n) is 4.30. The number of carbonyl (C=O) groups is 1. The highest BCUT2D eigenvalue weighted by Crippen LogP contribution is 2.35. The van der Waals surface area contributed by atoms with Gasteiger partial charge in [-0.15, -0.1) is 11.3 Å². The molecule has 3 aromatic rings. The number of halogens is 1. The quantitative estimate of drug-likeness (QED) is 0.414. The summed E-state index contributed by atoms with van der Waals surface area (Å²) < 4.78 is 0.965. The normalized spacial score (nSPS) is 10.8. The van der Waals surface area contributed by atoms with Crippen molar-refractivity contribution in [1.82, 2.24) is 10.2 Å². The molecule has 2 N–H and O–H groups in total. The smallest absolute Gasteiger partial charge is 0.269 e. The van der Waals surface area contributed by atoms with Crippen molar-refractivity contribution in [3.8, 4) is 0 Å². The molecule has 146 valence electrons. The van der Waals surface area contributed by atoms with E-state index in [0.29, 0.717) is 34.5 Å². The van der Waals surface area contributed by atoms with Crippen molar-refractivity contribution in [2.45, 2.75) is 19.4 Å². The Hall–Kier alpha value is -1.99. The largest absolute Gasteiger partial charge is 0.396 e. The fourth-order valence-corrected chi connectivity index (χ4v) is 4.52. The number of thiocarbonyl (C=S) groups is 1. The lowest BCUT2D eigenvalue weighted by molar-refractivity contribution is 0.0977. The molecule has 1 amide bonds. The van der Waals surface area contributed by atoms with Crippen LogP contribution in [0, 0.1) is 0 Å². The van der Waals surface area contributed by atoms with Gasteiger partial charge < -0.3 is 10.0 Å². The van der Waals surface area contributed by atoms with Crippen LogP contribution in [-0.2, 0) is 6.54 Å². The van der Waals surface area contributed by atoms with Crippen molar-refractivity contribution < 1.29 is 9.90 Å². The van der Waals surface area contributed by atoms with Gasteiger partial charge in [-0.1, -0.05) is 60.1 Å². The van der Waals surface area contributed by atoms with Gasteiger partial charge in [0.1, 0.15) is 4.88 Å². The number of fused-ring (bicyclic) bond motifs is 1. The van der Waals surface area contributed by atoms with E-state index in [-0.39, 0.29) is 12.5 Å². The van der Waals surface area contributed by atoms with E-state index < -0.39 is 0 Å². The van der Waals surface area contributed by atoms with E-state index in [1.54, 1.807) is 0 Å². The van der Waals surface area contributed by atoms with Gasteiger partial charge in [0.2, 0.25) is 0 Å². The summed E-state index contributed by atoms with van der Waals surface area (Å²) in [5.74, 6) is -0.295. The Kier molecular flexibility index (Phi) is 7.39. The number of benzene rings is 2. The van der Waals surface area contributed by atoms with Gasteiger partial charge in [0.15, 0.2) is 5.11 Å². The highest BCUT2D eigenvalue weighted by Gasteiger charge is 2.20. The standard InChI is InChI=1S/C21H21ClN2O2S2/c22-18-16-10-4-5-11-17(16)28-19(18)20(26)23-21(27)24(12-6-7-13-25)14-15-8-2-1-3-9-15/h1-5,8-11,25H,6-7,12-14H2,(H,23,26,27). The Morgan fingerprint density at radius 3 is 2.54 bits per heavy atom. The summed E-state index contributed by atoms with van der Waals surface area (Å²) in [7, 11) is 0. The number of unbranched alkanes of at least 4 members (excludes halogenated alkanes) is 1. The number of carbonyl (C=O) groups excluding carboxylic acids is 1. The second kappa shape index (κ2) is 9.98. The minimum atomic E-state index is -0.295.